The number of nitrogens with zero attached hydrogens (tertiary/aromatic N) is 4. The highest BCUT2D eigenvalue weighted by Gasteiger charge is 2.21. The van der Waals surface area contributed by atoms with Gasteiger partial charge < -0.3 is 10.2 Å². The Morgan fingerprint density at radius 1 is 1.08 bits per heavy atom. The van der Waals surface area contributed by atoms with E-state index in [1.807, 2.05) is 23.1 Å². The van der Waals surface area contributed by atoms with Crippen LogP contribution in [0.5, 0.6) is 0 Å². The van der Waals surface area contributed by atoms with Gasteiger partial charge >= 0.3 is 11.9 Å². The van der Waals surface area contributed by atoms with Gasteiger partial charge in [-0.3, -0.25) is 29.3 Å². The lowest BCUT2D eigenvalue weighted by atomic mass is 10.2. The van der Waals surface area contributed by atoms with Crippen molar-refractivity contribution in [2.24, 2.45) is 0 Å². The zero-order valence-corrected chi connectivity index (χ0v) is 15.5. The smallest absolute Gasteiger partial charge is 0.317 e. The molecular formula is C18H28N4O4. The number of fused-ring (bicyclic) bond motifs is 2. The van der Waals surface area contributed by atoms with Crippen LogP contribution in [0.1, 0.15) is 25.2 Å². The van der Waals surface area contributed by atoms with Gasteiger partial charge in [0.05, 0.1) is 24.5 Å². The van der Waals surface area contributed by atoms with Gasteiger partial charge in [0.1, 0.15) is 0 Å². The average molecular weight is 364 g/mol. The summed E-state index contributed by atoms with van der Waals surface area (Å²) >= 11 is 0. The molecule has 0 fully saturated rings. The van der Waals surface area contributed by atoms with E-state index >= 15 is 0 Å². The van der Waals surface area contributed by atoms with Crippen LogP contribution in [0.25, 0.3) is 0 Å². The molecule has 2 N–H and O–H groups in total. The number of hydrogen-bond acceptors (Lipinski definition) is 6. The number of rotatable bonds is 5. The molecule has 26 heavy (non-hydrogen) atoms. The van der Waals surface area contributed by atoms with Crippen LogP contribution in [0.3, 0.4) is 0 Å². The Morgan fingerprint density at radius 2 is 1.65 bits per heavy atom. The number of aromatic nitrogens is 1. The molecule has 0 saturated carbocycles. The van der Waals surface area contributed by atoms with Gasteiger partial charge in [-0.1, -0.05) is 13.0 Å². The molecule has 2 rings (SSSR count). The minimum atomic E-state index is -0.899. The monoisotopic (exact) mass is 364 g/mol. The van der Waals surface area contributed by atoms with E-state index in [1.165, 1.54) is 0 Å². The molecule has 0 amide bonds. The molecule has 0 spiro atoms. The molecule has 8 heteroatoms. The lowest BCUT2D eigenvalue weighted by molar-refractivity contribution is -0.140. The van der Waals surface area contributed by atoms with Crippen molar-refractivity contribution in [2.45, 2.75) is 33.0 Å². The number of likely N-dealkylation sites (N-methyl/N-ethyl adjacent to an activating group) is 1. The van der Waals surface area contributed by atoms with Gasteiger partial charge in [0.25, 0.3) is 0 Å². The van der Waals surface area contributed by atoms with Crippen LogP contribution < -0.4 is 0 Å². The van der Waals surface area contributed by atoms with Gasteiger partial charge in [0.15, 0.2) is 0 Å². The summed E-state index contributed by atoms with van der Waals surface area (Å²) in [6.45, 7) is 7.58. The Kier molecular flexibility index (Phi) is 7.50. The van der Waals surface area contributed by atoms with Crippen molar-refractivity contribution in [1.82, 2.24) is 19.7 Å². The highest BCUT2D eigenvalue weighted by Crippen LogP contribution is 2.12. The van der Waals surface area contributed by atoms with Crippen molar-refractivity contribution in [3.05, 3.63) is 29.6 Å². The molecule has 1 aliphatic rings. The third-order valence-electron chi connectivity index (χ3n) is 4.62. The lowest BCUT2D eigenvalue weighted by Crippen LogP contribution is -2.46. The lowest BCUT2D eigenvalue weighted by Gasteiger charge is -2.34. The van der Waals surface area contributed by atoms with Gasteiger partial charge in [0, 0.05) is 38.8 Å². The number of carbonyl (C=O) groups is 2. The number of carboxylic acids is 2. The van der Waals surface area contributed by atoms with Crippen molar-refractivity contribution in [2.75, 3.05) is 39.3 Å². The summed E-state index contributed by atoms with van der Waals surface area (Å²) in [5, 5.41) is 18.4. The van der Waals surface area contributed by atoms with Crippen LogP contribution in [0.4, 0.5) is 0 Å². The quantitative estimate of drug-likeness (QED) is 0.783. The fourth-order valence-electron chi connectivity index (χ4n) is 3.33. The molecule has 2 bridgehead atoms. The van der Waals surface area contributed by atoms with Crippen molar-refractivity contribution < 1.29 is 19.8 Å². The van der Waals surface area contributed by atoms with Gasteiger partial charge in [-0.25, -0.2) is 0 Å². The van der Waals surface area contributed by atoms with E-state index in [-0.39, 0.29) is 19.1 Å². The molecule has 1 aliphatic heterocycles. The van der Waals surface area contributed by atoms with Crippen molar-refractivity contribution in [3.8, 4) is 0 Å². The Hall–Kier alpha value is -2.03. The highest BCUT2D eigenvalue weighted by atomic mass is 16.4. The normalized spacial score (nSPS) is 20.9. The Morgan fingerprint density at radius 3 is 2.27 bits per heavy atom. The Bertz CT molecular complexity index is 625. The van der Waals surface area contributed by atoms with E-state index in [0.717, 1.165) is 17.9 Å². The van der Waals surface area contributed by atoms with Crippen molar-refractivity contribution in [3.63, 3.8) is 0 Å². The summed E-state index contributed by atoms with van der Waals surface area (Å²) in [6, 6.07) is 6.00. The summed E-state index contributed by atoms with van der Waals surface area (Å²) in [4.78, 5) is 33.0. The zero-order chi connectivity index (χ0) is 19.1. The van der Waals surface area contributed by atoms with E-state index in [2.05, 4.69) is 23.7 Å². The van der Waals surface area contributed by atoms with Crippen LogP contribution in [0.15, 0.2) is 18.2 Å². The number of pyridine rings is 1. The standard InChI is InChI=1S/C18H28N4O4/c1-3-22-11-16-6-4-5-15(19-16)10-21(13-18(25)26)8-7-20(9-14(22)2)12-17(23)24/h4-6,14H,3,7-13H2,1-2H3,(H,23,24)(H,25,26). The molecule has 0 radical (unpaired) electrons. The first-order valence-corrected chi connectivity index (χ1v) is 8.94. The molecule has 0 aliphatic carbocycles. The predicted octanol–water partition coefficient (Wildman–Crippen LogP) is 0.579. The summed E-state index contributed by atoms with van der Waals surface area (Å²) in [5.74, 6) is -1.77. The van der Waals surface area contributed by atoms with Crippen LogP contribution in [0.2, 0.25) is 0 Å². The SMILES string of the molecule is CCN1Cc2cccc(n2)CN(CC(=O)O)CCN(CC(=O)O)CC1C. The summed E-state index contributed by atoms with van der Waals surface area (Å²) in [7, 11) is 0. The third kappa shape index (κ3) is 6.36. The summed E-state index contributed by atoms with van der Waals surface area (Å²) in [5.41, 5.74) is 1.77. The maximum Gasteiger partial charge on any atom is 0.317 e. The second kappa shape index (κ2) is 9.61. The Labute approximate surface area is 154 Å². The van der Waals surface area contributed by atoms with E-state index in [9.17, 15) is 19.8 Å². The first-order valence-electron chi connectivity index (χ1n) is 8.94. The molecule has 0 aromatic carbocycles. The van der Waals surface area contributed by atoms with Crippen LogP contribution in [-0.4, -0.2) is 87.1 Å². The first-order chi connectivity index (χ1) is 12.4. The Balaban J connectivity index is 2.27. The van der Waals surface area contributed by atoms with E-state index < -0.39 is 11.9 Å². The molecule has 1 aromatic heterocycles. The summed E-state index contributed by atoms with van der Waals surface area (Å²) < 4.78 is 0. The first kappa shape index (κ1) is 20.3. The van der Waals surface area contributed by atoms with E-state index in [4.69, 9.17) is 0 Å². The predicted molar refractivity (Wildman–Crippen MR) is 96.8 cm³/mol. The van der Waals surface area contributed by atoms with E-state index in [1.54, 1.807) is 4.90 Å². The second-order valence-electron chi connectivity index (χ2n) is 6.77. The maximum atomic E-state index is 11.2. The van der Waals surface area contributed by atoms with Gasteiger partial charge in [-0.2, -0.15) is 0 Å². The number of aliphatic carboxylic acids is 2. The molecule has 1 unspecified atom stereocenters. The molecule has 144 valence electrons. The third-order valence-corrected chi connectivity index (χ3v) is 4.62. The maximum absolute atomic E-state index is 11.2. The highest BCUT2D eigenvalue weighted by molar-refractivity contribution is 5.69. The number of hydrogen-bond donors (Lipinski definition) is 2. The molecule has 1 atom stereocenters. The molecule has 1 aromatic rings. The van der Waals surface area contributed by atoms with Crippen LogP contribution >= 0.6 is 0 Å². The molecule has 2 heterocycles. The van der Waals surface area contributed by atoms with Gasteiger partial charge in [-0.15, -0.1) is 0 Å². The zero-order valence-electron chi connectivity index (χ0n) is 15.5. The fraction of sp³-hybridized carbons (Fsp3) is 0.611. The largest absolute Gasteiger partial charge is 0.480 e. The van der Waals surface area contributed by atoms with Crippen molar-refractivity contribution in [1.29, 1.82) is 0 Å². The molecule has 0 saturated heterocycles. The van der Waals surface area contributed by atoms with Gasteiger partial charge in [0.2, 0.25) is 0 Å². The van der Waals surface area contributed by atoms with Crippen LogP contribution in [-0.2, 0) is 22.7 Å². The number of carboxylic acid groups (broad SMARTS) is 2. The second-order valence-corrected chi connectivity index (χ2v) is 6.77. The summed E-state index contributed by atoms with van der Waals surface area (Å²) in [6.07, 6.45) is 0. The van der Waals surface area contributed by atoms with Crippen LogP contribution in [0, 0.1) is 0 Å². The fourth-order valence-corrected chi connectivity index (χ4v) is 3.33. The minimum absolute atomic E-state index is 0.0493. The minimum Gasteiger partial charge on any atom is -0.480 e. The molecular weight excluding hydrogens is 336 g/mol. The molecule has 8 nitrogen and oxygen atoms in total. The topological polar surface area (TPSA) is 97.2 Å². The average Bonchev–Trinajstić information content (AvgIpc) is 2.55. The van der Waals surface area contributed by atoms with Crippen molar-refractivity contribution >= 4 is 11.9 Å². The van der Waals surface area contributed by atoms with E-state index in [0.29, 0.717) is 32.7 Å². The van der Waals surface area contributed by atoms with Gasteiger partial charge in [-0.05, 0) is 25.6 Å².